The van der Waals surface area contributed by atoms with Gasteiger partial charge in [-0.05, 0) is 30.7 Å². The second-order valence-electron chi connectivity index (χ2n) is 6.65. The molecule has 1 aliphatic rings. The molecule has 3 aromatic rings. The number of aromatic nitrogens is 3. The van der Waals surface area contributed by atoms with Crippen LogP contribution in [-0.2, 0) is 16.4 Å². The van der Waals surface area contributed by atoms with Gasteiger partial charge >= 0.3 is 0 Å². The summed E-state index contributed by atoms with van der Waals surface area (Å²) in [5, 5.41) is 9.25. The molecule has 4 rings (SSSR count). The number of thioether (sulfide) groups is 1. The first-order valence-corrected chi connectivity index (χ1v) is 11.9. The quantitative estimate of drug-likeness (QED) is 0.568. The van der Waals surface area contributed by atoms with Crippen molar-refractivity contribution in [3.63, 3.8) is 0 Å². The number of methoxy groups -OCH3 is 1. The Morgan fingerprint density at radius 3 is 2.59 bits per heavy atom. The van der Waals surface area contributed by atoms with Gasteiger partial charge in [0.15, 0.2) is 20.8 Å². The van der Waals surface area contributed by atoms with Crippen molar-refractivity contribution in [2.45, 2.75) is 23.4 Å². The first-order valence-electron chi connectivity index (χ1n) is 9.18. The van der Waals surface area contributed by atoms with Crippen LogP contribution >= 0.6 is 11.8 Å². The zero-order valence-corrected chi connectivity index (χ0v) is 17.5. The standard InChI is InChI=1S/C20H21N3O4S2/c1-26-18-10-6-5-9-17(18)23-19(13-27-15-7-3-2-4-8-15)21-22-20(23)28-16-11-12-29(24,25)14-16/h2-10,16H,11-14H2,1H3. The largest absolute Gasteiger partial charge is 0.495 e. The molecule has 0 bridgehead atoms. The van der Waals surface area contributed by atoms with Crippen molar-refractivity contribution in [3.8, 4) is 17.2 Å². The maximum Gasteiger partial charge on any atom is 0.196 e. The third-order valence-corrected chi connectivity index (χ3v) is 7.79. The first kappa shape index (κ1) is 19.8. The van der Waals surface area contributed by atoms with E-state index in [0.29, 0.717) is 23.2 Å². The van der Waals surface area contributed by atoms with E-state index >= 15 is 0 Å². The van der Waals surface area contributed by atoms with Crippen LogP contribution in [0.4, 0.5) is 0 Å². The molecule has 0 radical (unpaired) electrons. The van der Waals surface area contributed by atoms with Crippen LogP contribution in [0.25, 0.3) is 5.69 Å². The van der Waals surface area contributed by atoms with Crippen LogP contribution < -0.4 is 9.47 Å². The van der Waals surface area contributed by atoms with E-state index in [1.54, 1.807) is 7.11 Å². The zero-order valence-electron chi connectivity index (χ0n) is 15.9. The second-order valence-corrected chi connectivity index (χ2v) is 10.1. The summed E-state index contributed by atoms with van der Waals surface area (Å²) in [5.41, 5.74) is 0.787. The van der Waals surface area contributed by atoms with Crippen molar-refractivity contribution in [3.05, 3.63) is 60.4 Å². The van der Waals surface area contributed by atoms with Gasteiger partial charge in [-0.15, -0.1) is 10.2 Å². The summed E-state index contributed by atoms with van der Waals surface area (Å²) in [6.07, 6.45) is 0.613. The van der Waals surface area contributed by atoms with Crippen LogP contribution in [0.3, 0.4) is 0 Å². The van der Waals surface area contributed by atoms with Gasteiger partial charge in [0.2, 0.25) is 0 Å². The van der Waals surface area contributed by atoms with Crippen LogP contribution in [0.5, 0.6) is 11.5 Å². The maximum atomic E-state index is 11.9. The Morgan fingerprint density at radius 1 is 1.10 bits per heavy atom. The molecule has 29 heavy (non-hydrogen) atoms. The van der Waals surface area contributed by atoms with Gasteiger partial charge in [-0.3, -0.25) is 4.57 Å². The minimum Gasteiger partial charge on any atom is -0.495 e. The number of ether oxygens (including phenoxy) is 2. The molecule has 9 heteroatoms. The van der Waals surface area contributed by atoms with Crippen LogP contribution in [0, 0.1) is 0 Å². The van der Waals surface area contributed by atoms with Gasteiger partial charge in [0.1, 0.15) is 18.1 Å². The van der Waals surface area contributed by atoms with Crippen molar-refractivity contribution < 1.29 is 17.9 Å². The molecule has 1 unspecified atom stereocenters. The molecule has 1 saturated heterocycles. The highest BCUT2D eigenvalue weighted by Gasteiger charge is 2.31. The molecule has 152 valence electrons. The summed E-state index contributed by atoms with van der Waals surface area (Å²) >= 11 is 1.44. The molecular formula is C20H21N3O4S2. The molecule has 1 aromatic heterocycles. The van der Waals surface area contributed by atoms with Gasteiger partial charge in [-0.1, -0.05) is 42.1 Å². The Bertz CT molecular complexity index is 1080. The van der Waals surface area contributed by atoms with E-state index in [2.05, 4.69) is 10.2 Å². The van der Waals surface area contributed by atoms with E-state index < -0.39 is 9.84 Å². The fourth-order valence-corrected chi connectivity index (χ4v) is 6.71. The number of hydrogen-bond donors (Lipinski definition) is 0. The number of rotatable bonds is 7. The number of nitrogens with zero attached hydrogens (tertiary/aromatic N) is 3. The Morgan fingerprint density at radius 2 is 1.86 bits per heavy atom. The van der Waals surface area contributed by atoms with Crippen molar-refractivity contribution >= 4 is 21.6 Å². The lowest BCUT2D eigenvalue weighted by molar-refractivity contribution is 0.292. The van der Waals surface area contributed by atoms with Crippen LogP contribution in [0.15, 0.2) is 59.8 Å². The molecular weight excluding hydrogens is 410 g/mol. The van der Waals surface area contributed by atoms with Gasteiger partial charge < -0.3 is 9.47 Å². The van der Waals surface area contributed by atoms with Crippen molar-refractivity contribution in [2.24, 2.45) is 0 Å². The SMILES string of the molecule is COc1ccccc1-n1c(COc2ccccc2)nnc1SC1CCS(=O)(=O)C1. The van der Waals surface area contributed by atoms with Crippen LogP contribution in [-0.4, -0.2) is 47.0 Å². The third-order valence-electron chi connectivity index (χ3n) is 4.60. The minimum atomic E-state index is -2.97. The summed E-state index contributed by atoms with van der Waals surface area (Å²) < 4.78 is 37.0. The maximum absolute atomic E-state index is 11.9. The Labute approximate surface area is 174 Å². The molecule has 7 nitrogen and oxygen atoms in total. The molecule has 0 N–H and O–H groups in total. The summed E-state index contributed by atoms with van der Waals surface area (Å²) in [7, 11) is -1.36. The van der Waals surface area contributed by atoms with Gasteiger partial charge in [-0.25, -0.2) is 8.42 Å². The van der Waals surface area contributed by atoms with E-state index in [4.69, 9.17) is 9.47 Å². The average molecular weight is 432 g/mol. The fourth-order valence-electron chi connectivity index (χ4n) is 3.19. The van der Waals surface area contributed by atoms with Gasteiger partial charge in [-0.2, -0.15) is 0 Å². The van der Waals surface area contributed by atoms with Gasteiger partial charge in [0.05, 0.1) is 24.3 Å². The molecule has 0 aliphatic carbocycles. The fraction of sp³-hybridized carbons (Fsp3) is 0.300. The lowest BCUT2D eigenvalue weighted by Gasteiger charge is -2.15. The van der Waals surface area contributed by atoms with Crippen molar-refractivity contribution in [2.75, 3.05) is 18.6 Å². The van der Waals surface area contributed by atoms with Gasteiger partial charge in [0, 0.05) is 5.25 Å². The Balaban J connectivity index is 1.67. The van der Waals surface area contributed by atoms with E-state index in [0.717, 1.165) is 11.4 Å². The molecule has 0 spiro atoms. The normalized spacial score (nSPS) is 17.9. The number of hydrogen-bond acceptors (Lipinski definition) is 7. The lowest BCUT2D eigenvalue weighted by Crippen LogP contribution is -2.10. The summed E-state index contributed by atoms with van der Waals surface area (Å²) in [6.45, 7) is 0.221. The Kier molecular flexibility index (Phi) is 5.77. The highest BCUT2D eigenvalue weighted by molar-refractivity contribution is 8.01. The zero-order chi connectivity index (χ0) is 20.3. The van der Waals surface area contributed by atoms with Gasteiger partial charge in [0.25, 0.3) is 0 Å². The Hall–Kier alpha value is -2.52. The minimum absolute atomic E-state index is 0.0412. The molecule has 2 aromatic carbocycles. The molecule has 0 amide bonds. The number of benzene rings is 2. The predicted molar refractivity (Wildman–Crippen MR) is 112 cm³/mol. The van der Waals surface area contributed by atoms with Crippen molar-refractivity contribution in [1.29, 1.82) is 0 Å². The number of sulfone groups is 1. The van der Waals surface area contributed by atoms with E-state index in [-0.39, 0.29) is 23.4 Å². The number of para-hydroxylation sites is 3. The average Bonchev–Trinajstić information content (AvgIpc) is 3.29. The molecule has 2 heterocycles. The van der Waals surface area contributed by atoms with E-state index in [1.807, 2.05) is 59.2 Å². The highest BCUT2D eigenvalue weighted by atomic mass is 32.2. The van der Waals surface area contributed by atoms with E-state index in [9.17, 15) is 8.42 Å². The summed E-state index contributed by atoms with van der Waals surface area (Å²) in [4.78, 5) is 0. The highest BCUT2D eigenvalue weighted by Crippen LogP contribution is 2.34. The van der Waals surface area contributed by atoms with Crippen LogP contribution in [0.2, 0.25) is 0 Å². The topological polar surface area (TPSA) is 83.3 Å². The molecule has 0 saturated carbocycles. The first-order chi connectivity index (χ1) is 14.1. The van der Waals surface area contributed by atoms with Crippen molar-refractivity contribution in [1.82, 2.24) is 14.8 Å². The molecule has 1 atom stereocenters. The monoisotopic (exact) mass is 431 g/mol. The summed E-state index contributed by atoms with van der Waals surface area (Å²) in [5.74, 6) is 2.40. The van der Waals surface area contributed by atoms with Crippen LogP contribution in [0.1, 0.15) is 12.2 Å². The molecule has 1 fully saturated rings. The third kappa shape index (κ3) is 4.56. The summed E-state index contributed by atoms with van der Waals surface area (Å²) in [6, 6.07) is 17.1. The predicted octanol–water partition coefficient (Wildman–Crippen LogP) is 3.13. The second kappa shape index (κ2) is 8.46. The van der Waals surface area contributed by atoms with E-state index in [1.165, 1.54) is 11.8 Å². The lowest BCUT2D eigenvalue weighted by atomic mass is 10.3. The smallest absolute Gasteiger partial charge is 0.196 e. The molecule has 1 aliphatic heterocycles.